The van der Waals surface area contributed by atoms with Gasteiger partial charge in [-0.25, -0.2) is 17.9 Å². The van der Waals surface area contributed by atoms with Gasteiger partial charge in [0.1, 0.15) is 5.60 Å². The number of carbonyl (C=O) groups is 1. The maximum absolute atomic E-state index is 12.4. The van der Waals surface area contributed by atoms with Gasteiger partial charge in [0.25, 0.3) is 0 Å². The largest absolute Gasteiger partial charge is 0.444 e. The highest BCUT2D eigenvalue weighted by molar-refractivity contribution is 7.88. The van der Waals surface area contributed by atoms with Crippen molar-refractivity contribution < 1.29 is 17.9 Å². The van der Waals surface area contributed by atoms with Crippen LogP contribution in [0.15, 0.2) is 24.3 Å². The molecule has 8 heteroatoms. The van der Waals surface area contributed by atoms with E-state index in [1.807, 2.05) is 0 Å². The first kappa shape index (κ1) is 20.0. The normalized spacial score (nSPS) is 18.9. The Morgan fingerprint density at radius 3 is 2.68 bits per heavy atom. The van der Waals surface area contributed by atoms with Crippen LogP contribution in [-0.2, 0) is 20.5 Å². The molecule has 1 saturated heterocycles. The Morgan fingerprint density at radius 2 is 2.04 bits per heavy atom. The third-order valence-electron chi connectivity index (χ3n) is 3.72. The van der Waals surface area contributed by atoms with Crippen molar-refractivity contribution in [1.82, 2.24) is 9.62 Å². The Bertz CT molecular complexity index is 716. The van der Waals surface area contributed by atoms with Crippen LogP contribution in [0.3, 0.4) is 0 Å². The van der Waals surface area contributed by atoms with E-state index in [9.17, 15) is 13.2 Å². The molecular formula is C17H25ClN2O4S. The van der Waals surface area contributed by atoms with E-state index in [-0.39, 0.29) is 11.8 Å². The third kappa shape index (κ3) is 6.49. The van der Waals surface area contributed by atoms with E-state index in [2.05, 4.69) is 4.72 Å². The monoisotopic (exact) mass is 388 g/mol. The van der Waals surface area contributed by atoms with Crippen molar-refractivity contribution in [1.29, 1.82) is 0 Å². The van der Waals surface area contributed by atoms with Crippen molar-refractivity contribution in [2.24, 2.45) is 0 Å². The van der Waals surface area contributed by atoms with E-state index in [0.717, 1.165) is 6.42 Å². The minimum Gasteiger partial charge on any atom is -0.444 e. The van der Waals surface area contributed by atoms with E-state index < -0.39 is 21.7 Å². The predicted octanol–water partition coefficient (Wildman–Crippen LogP) is 3.16. The van der Waals surface area contributed by atoms with Crippen molar-refractivity contribution in [3.8, 4) is 0 Å². The van der Waals surface area contributed by atoms with E-state index >= 15 is 0 Å². The molecule has 0 aliphatic carbocycles. The number of hydrogen-bond donors (Lipinski definition) is 1. The second-order valence-corrected chi connectivity index (χ2v) is 9.39. The van der Waals surface area contributed by atoms with E-state index in [1.54, 1.807) is 49.9 Å². The summed E-state index contributed by atoms with van der Waals surface area (Å²) < 4.78 is 32.9. The Hall–Kier alpha value is -1.31. The number of piperidine rings is 1. The summed E-state index contributed by atoms with van der Waals surface area (Å²) in [4.78, 5) is 13.7. The van der Waals surface area contributed by atoms with Gasteiger partial charge in [0, 0.05) is 24.2 Å². The number of sulfonamides is 1. The minimum absolute atomic E-state index is 0.185. The molecule has 6 nitrogen and oxygen atoms in total. The van der Waals surface area contributed by atoms with Crippen LogP contribution >= 0.6 is 11.6 Å². The summed E-state index contributed by atoms with van der Waals surface area (Å²) in [5.41, 5.74) is -0.0235. The van der Waals surface area contributed by atoms with Crippen LogP contribution in [0, 0.1) is 0 Å². The highest BCUT2D eigenvalue weighted by Crippen LogP contribution is 2.19. The average molecular weight is 389 g/mol. The highest BCUT2D eigenvalue weighted by atomic mass is 35.5. The molecule has 0 spiro atoms. The Morgan fingerprint density at radius 1 is 1.36 bits per heavy atom. The van der Waals surface area contributed by atoms with Gasteiger partial charge in [0.15, 0.2) is 0 Å². The van der Waals surface area contributed by atoms with E-state index in [0.29, 0.717) is 30.1 Å². The second-order valence-electron chi connectivity index (χ2n) is 7.23. The molecule has 1 fully saturated rings. The van der Waals surface area contributed by atoms with Crippen molar-refractivity contribution in [2.75, 3.05) is 13.1 Å². The standard InChI is InChI=1S/C17H25ClN2O4S/c1-17(2,3)24-16(21)20-10-6-8-14(11-20)19-25(22,23)12-13-7-4-5-9-15(13)18/h4-5,7,9,14,19H,6,8,10-12H2,1-3H3. The van der Waals surface area contributed by atoms with Gasteiger partial charge in [-0.2, -0.15) is 0 Å². The molecule has 1 aliphatic heterocycles. The van der Waals surface area contributed by atoms with E-state index in [4.69, 9.17) is 16.3 Å². The SMILES string of the molecule is CC(C)(C)OC(=O)N1CCCC(NS(=O)(=O)Cc2ccccc2Cl)C1. The summed E-state index contributed by atoms with van der Waals surface area (Å²) in [6.45, 7) is 6.28. The Kier molecular flexibility index (Phi) is 6.35. The number of benzene rings is 1. The highest BCUT2D eigenvalue weighted by Gasteiger charge is 2.29. The zero-order valence-electron chi connectivity index (χ0n) is 14.8. The summed E-state index contributed by atoms with van der Waals surface area (Å²) >= 11 is 6.04. The molecule has 1 heterocycles. The fraction of sp³-hybridized carbons (Fsp3) is 0.588. The molecule has 140 valence electrons. The second kappa shape index (κ2) is 7.93. The summed E-state index contributed by atoms with van der Waals surface area (Å²) in [6, 6.07) is 6.54. The third-order valence-corrected chi connectivity index (χ3v) is 5.47. The molecule has 25 heavy (non-hydrogen) atoms. The Labute approximate surface area is 154 Å². The number of amides is 1. The lowest BCUT2D eigenvalue weighted by Crippen LogP contribution is -2.50. The number of nitrogens with one attached hydrogen (secondary N) is 1. The molecule has 1 aliphatic rings. The molecule has 1 amide bonds. The number of carbonyl (C=O) groups excluding carboxylic acids is 1. The van der Waals surface area contributed by atoms with Crippen LogP contribution in [0.25, 0.3) is 0 Å². The van der Waals surface area contributed by atoms with E-state index in [1.165, 1.54) is 0 Å². The molecule has 2 rings (SSSR count). The predicted molar refractivity (Wildman–Crippen MR) is 98.0 cm³/mol. The van der Waals surface area contributed by atoms with Gasteiger partial charge >= 0.3 is 6.09 Å². The lowest BCUT2D eigenvalue weighted by atomic mass is 10.1. The zero-order chi connectivity index (χ0) is 18.7. The maximum atomic E-state index is 12.4. The molecule has 0 aromatic heterocycles. The molecule has 0 saturated carbocycles. The fourth-order valence-corrected chi connectivity index (χ4v) is 4.41. The van der Waals surface area contributed by atoms with Gasteiger partial charge < -0.3 is 9.64 Å². The van der Waals surface area contributed by atoms with Gasteiger partial charge in [-0.15, -0.1) is 0 Å². The number of rotatable bonds is 4. The van der Waals surface area contributed by atoms with Gasteiger partial charge in [0.05, 0.1) is 5.75 Å². The van der Waals surface area contributed by atoms with Crippen LogP contribution < -0.4 is 4.72 Å². The van der Waals surface area contributed by atoms with Crippen molar-refractivity contribution in [2.45, 2.75) is 51.0 Å². The molecule has 1 unspecified atom stereocenters. The molecule has 0 radical (unpaired) electrons. The molecular weight excluding hydrogens is 364 g/mol. The first-order valence-electron chi connectivity index (χ1n) is 8.27. The number of halogens is 1. The Balaban J connectivity index is 1.97. The summed E-state index contributed by atoms with van der Waals surface area (Å²) in [7, 11) is -3.55. The lowest BCUT2D eigenvalue weighted by molar-refractivity contribution is 0.0195. The van der Waals surface area contributed by atoms with Crippen LogP contribution in [0.2, 0.25) is 5.02 Å². The topological polar surface area (TPSA) is 75.7 Å². The minimum atomic E-state index is -3.55. The lowest BCUT2D eigenvalue weighted by Gasteiger charge is -2.34. The first-order valence-corrected chi connectivity index (χ1v) is 10.3. The summed E-state index contributed by atoms with van der Waals surface area (Å²) in [5, 5.41) is 0.423. The van der Waals surface area contributed by atoms with Gasteiger partial charge in [0.2, 0.25) is 10.0 Å². The first-order chi connectivity index (χ1) is 11.6. The summed E-state index contributed by atoms with van der Waals surface area (Å²) in [6.07, 6.45) is 0.988. The summed E-state index contributed by atoms with van der Waals surface area (Å²) in [5.74, 6) is -0.185. The number of hydrogen-bond acceptors (Lipinski definition) is 4. The number of likely N-dealkylation sites (tertiary alicyclic amines) is 1. The van der Waals surface area contributed by atoms with Crippen molar-refractivity contribution in [3.05, 3.63) is 34.9 Å². The molecule has 1 atom stereocenters. The molecule has 1 aromatic carbocycles. The van der Waals surface area contributed by atoms with Gasteiger partial charge in [-0.3, -0.25) is 0 Å². The van der Waals surface area contributed by atoms with Gasteiger partial charge in [-0.1, -0.05) is 29.8 Å². The molecule has 1 N–H and O–H groups in total. The maximum Gasteiger partial charge on any atom is 0.410 e. The van der Waals surface area contributed by atoms with Crippen molar-refractivity contribution >= 4 is 27.7 Å². The number of nitrogens with zero attached hydrogens (tertiary/aromatic N) is 1. The quantitative estimate of drug-likeness (QED) is 0.859. The van der Waals surface area contributed by atoms with Gasteiger partial charge in [-0.05, 0) is 45.2 Å². The average Bonchev–Trinajstić information content (AvgIpc) is 2.47. The zero-order valence-corrected chi connectivity index (χ0v) is 16.4. The fourth-order valence-electron chi connectivity index (χ4n) is 2.68. The molecule has 0 bridgehead atoms. The smallest absolute Gasteiger partial charge is 0.410 e. The van der Waals surface area contributed by atoms with Crippen molar-refractivity contribution in [3.63, 3.8) is 0 Å². The van der Waals surface area contributed by atoms with Crippen LogP contribution in [-0.4, -0.2) is 44.1 Å². The van der Waals surface area contributed by atoms with Crippen LogP contribution in [0.4, 0.5) is 4.79 Å². The number of ether oxygens (including phenoxy) is 1. The van der Waals surface area contributed by atoms with Crippen LogP contribution in [0.1, 0.15) is 39.2 Å². The molecule has 1 aromatic rings. The van der Waals surface area contributed by atoms with Crippen LogP contribution in [0.5, 0.6) is 0 Å².